The topological polar surface area (TPSA) is 72.9 Å². The molecule has 1 aromatic heterocycles. The Labute approximate surface area is 154 Å². The summed E-state index contributed by atoms with van der Waals surface area (Å²) in [5, 5.41) is 9.81. The number of aromatic nitrogens is 2. The number of nitrogens with zero attached hydrogens (tertiary/aromatic N) is 2. The quantitative estimate of drug-likeness (QED) is 0.718. The minimum absolute atomic E-state index is 0.0104. The summed E-state index contributed by atoms with van der Waals surface area (Å²) in [6, 6.07) is 14.2. The van der Waals surface area contributed by atoms with E-state index in [4.69, 9.17) is 5.73 Å². The standard InChI is InChI=1S/C21H26N4O/c1-14-19(15(2)25(3)24-14)10-11-21(26)23-20(13-22)18-9-8-16-6-4-5-7-17(16)12-18/h4-9,12,20H,10-11,13,22H2,1-3H3,(H,23,26). The molecule has 0 aliphatic heterocycles. The number of carbonyl (C=O) groups is 1. The number of carbonyl (C=O) groups excluding carboxylic acids is 1. The number of amides is 1. The first-order valence-electron chi connectivity index (χ1n) is 8.96. The molecule has 1 heterocycles. The summed E-state index contributed by atoms with van der Waals surface area (Å²) < 4.78 is 1.86. The Morgan fingerprint density at radius 3 is 2.58 bits per heavy atom. The maximum atomic E-state index is 12.5. The van der Waals surface area contributed by atoms with Gasteiger partial charge in [0.15, 0.2) is 0 Å². The molecule has 1 atom stereocenters. The molecular formula is C21H26N4O. The van der Waals surface area contributed by atoms with Crippen LogP contribution in [-0.4, -0.2) is 22.2 Å². The molecule has 1 unspecified atom stereocenters. The van der Waals surface area contributed by atoms with Crippen LogP contribution in [0.5, 0.6) is 0 Å². The summed E-state index contributed by atoms with van der Waals surface area (Å²) in [5.74, 6) is 0.0104. The van der Waals surface area contributed by atoms with Crippen LogP contribution in [0.1, 0.15) is 35.0 Å². The van der Waals surface area contributed by atoms with Gasteiger partial charge in [0.25, 0.3) is 0 Å². The third-order valence-electron chi connectivity index (χ3n) is 5.01. The largest absolute Gasteiger partial charge is 0.348 e. The van der Waals surface area contributed by atoms with E-state index in [0.717, 1.165) is 27.9 Å². The molecule has 136 valence electrons. The van der Waals surface area contributed by atoms with Crippen LogP contribution in [0.2, 0.25) is 0 Å². The van der Waals surface area contributed by atoms with Crippen LogP contribution in [0.4, 0.5) is 0 Å². The van der Waals surface area contributed by atoms with E-state index < -0.39 is 0 Å². The lowest BCUT2D eigenvalue weighted by Crippen LogP contribution is -2.33. The predicted octanol–water partition coefficient (Wildman–Crippen LogP) is 2.94. The van der Waals surface area contributed by atoms with Crippen LogP contribution in [0.3, 0.4) is 0 Å². The molecule has 0 bridgehead atoms. The fourth-order valence-electron chi connectivity index (χ4n) is 3.39. The molecule has 3 aromatic rings. The van der Waals surface area contributed by atoms with Gasteiger partial charge in [-0.15, -0.1) is 0 Å². The Bertz CT molecular complexity index is 929. The van der Waals surface area contributed by atoms with E-state index in [1.54, 1.807) is 0 Å². The normalized spacial score (nSPS) is 12.3. The molecule has 1 amide bonds. The summed E-state index contributed by atoms with van der Waals surface area (Å²) in [5.41, 5.74) is 10.2. The number of hydrogen-bond acceptors (Lipinski definition) is 3. The molecule has 5 nitrogen and oxygen atoms in total. The van der Waals surface area contributed by atoms with Gasteiger partial charge >= 0.3 is 0 Å². The lowest BCUT2D eigenvalue weighted by molar-refractivity contribution is -0.121. The Morgan fingerprint density at radius 1 is 1.19 bits per heavy atom. The Kier molecular flexibility index (Phi) is 5.38. The molecule has 0 spiro atoms. The van der Waals surface area contributed by atoms with E-state index in [0.29, 0.717) is 19.4 Å². The number of hydrogen-bond donors (Lipinski definition) is 2. The highest BCUT2D eigenvalue weighted by molar-refractivity contribution is 5.83. The van der Waals surface area contributed by atoms with Crippen molar-refractivity contribution in [2.45, 2.75) is 32.7 Å². The molecular weight excluding hydrogens is 324 g/mol. The van der Waals surface area contributed by atoms with Crippen molar-refractivity contribution in [1.82, 2.24) is 15.1 Å². The van der Waals surface area contributed by atoms with Crippen LogP contribution in [0, 0.1) is 13.8 Å². The van der Waals surface area contributed by atoms with Gasteiger partial charge in [-0.05, 0) is 48.2 Å². The zero-order valence-corrected chi connectivity index (χ0v) is 15.6. The Balaban J connectivity index is 1.67. The van der Waals surface area contributed by atoms with Gasteiger partial charge in [0.1, 0.15) is 0 Å². The van der Waals surface area contributed by atoms with Gasteiger partial charge in [-0.25, -0.2) is 0 Å². The number of nitrogens with two attached hydrogens (primary N) is 1. The highest BCUT2D eigenvalue weighted by Crippen LogP contribution is 2.20. The van der Waals surface area contributed by atoms with Gasteiger partial charge in [-0.2, -0.15) is 5.10 Å². The molecule has 2 aromatic carbocycles. The van der Waals surface area contributed by atoms with Crippen molar-refractivity contribution in [2.24, 2.45) is 12.8 Å². The summed E-state index contributed by atoms with van der Waals surface area (Å²) in [4.78, 5) is 12.5. The maximum Gasteiger partial charge on any atom is 0.220 e. The first kappa shape index (κ1) is 18.1. The number of nitrogens with one attached hydrogen (secondary N) is 1. The van der Waals surface area contributed by atoms with Crippen molar-refractivity contribution < 1.29 is 4.79 Å². The minimum Gasteiger partial charge on any atom is -0.348 e. The van der Waals surface area contributed by atoms with Gasteiger partial charge in [-0.1, -0.05) is 36.4 Å². The second-order valence-electron chi connectivity index (χ2n) is 6.74. The molecule has 3 N–H and O–H groups in total. The van der Waals surface area contributed by atoms with Gasteiger partial charge in [0.2, 0.25) is 5.91 Å². The van der Waals surface area contributed by atoms with Crippen LogP contribution >= 0.6 is 0 Å². The smallest absolute Gasteiger partial charge is 0.220 e. The third kappa shape index (κ3) is 3.78. The van der Waals surface area contributed by atoms with Gasteiger partial charge < -0.3 is 11.1 Å². The monoisotopic (exact) mass is 350 g/mol. The molecule has 3 rings (SSSR count). The number of benzene rings is 2. The summed E-state index contributed by atoms with van der Waals surface area (Å²) in [7, 11) is 1.93. The highest BCUT2D eigenvalue weighted by atomic mass is 16.1. The van der Waals surface area contributed by atoms with Crippen molar-refractivity contribution >= 4 is 16.7 Å². The summed E-state index contributed by atoms with van der Waals surface area (Å²) in [6.07, 6.45) is 1.11. The molecule has 0 saturated carbocycles. The van der Waals surface area contributed by atoms with E-state index in [1.807, 2.05) is 43.8 Å². The zero-order chi connectivity index (χ0) is 18.7. The van der Waals surface area contributed by atoms with Gasteiger partial charge in [0, 0.05) is 25.7 Å². The fraction of sp³-hybridized carbons (Fsp3) is 0.333. The van der Waals surface area contributed by atoms with Crippen molar-refractivity contribution in [3.8, 4) is 0 Å². The van der Waals surface area contributed by atoms with Gasteiger partial charge in [0.05, 0.1) is 11.7 Å². The highest BCUT2D eigenvalue weighted by Gasteiger charge is 2.15. The van der Waals surface area contributed by atoms with Crippen molar-refractivity contribution in [1.29, 1.82) is 0 Å². The average Bonchev–Trinajstić information content (AvgIpc) is 2.89. The fourth-order valence-corrected chi connectivity index (χ4v) is 3.39. The van der Waals surface area contributed by atoms with E-state index in [2.05, 4.69) is 34.7 Å². The Hall–Kier alpha value is -2.66. The number of fused-ring (bicyclic) bond motifs is 1. The maximum absolute atomic E-state index is 12.5. The molecule has 0 aliphatic carbocycles. The molecule has 5 heteroatoms. The SMILES string of the molecule is Cc1nn(C)c(C)c1CCC(=O)NC(CN)c1ccc2ccccc2c1. The second kappa shape index (κ2) is 7.70. The Morgan fingerprint density at radius 2 is 1.92 bits per heavy atom. The zero-order valence-electron chi connectivity index (χ0n) is 15.6. The first-order chi connectivity index (χ1) is 12.5. The van der Waals surface area contributed by atoms with E-state index >= 15 is 0 Å². The van der Waals surface area contributed by atoms with Crippen molar-refractivity contribution in [3.63, 3.8) is 0 Å². The molecule has 0 aliphatic rings. The predicted molar refractivity (Wildman–Crippen MR) is 105 cm³/mol. The van der Waals surface area contributed by atoms with Crippen LogP contribution in [-0.2, 0) is 18.3 Å². The van der Waals surface area contributed by atoms with Gasteiger partial charge in [-0.3, -0.25) is 9.48 Å². The minimum atomic E-state index is -0.178. The first-order valence-corrected chi connectivity index (χ1v) is 8.96. The molecule has 26 heavy (non-hydrogen) atoms. The number of aryl methyl sites for hydroxylation is 2. The lowest BCUT2D eigenvalue weighted by atomic mass is 10.0. The van der Waals surface area contributed by atoms with Crippen LogP contribution in [0.25, 0.3) is 10.8 Å². The van der Waals surface area contributed by atoms with Crippen molar-refractivity contribution in [3.05, 3.63) is 65.0 Å². The summed E-state index contributed by atoms with van der Waals surface area (Å²) >= 11 is 0. The van der Waals surface area contributed by atoms with E-state index in [-0.39, 0.29) is 11.9 Å². The van der Waals surface area contributed by atoms with Crippen LogP contribution in [0.15, 0.2) is 42.5 Å². The second-order valence-corrected chi connectivity index (χ2v) is 6.74. The van der Waals surface area contributed by atoms with Crippen LogP contribution < -0.4 is 11.1 Å². The molecule has 0 saturated heterocycles. The lowest BCUT2D eigenvalue weighted by Gasteiger charge is -2.18. The summed E-state index contributed by atoms with van der Waals surface area (Å²) in [6.45, 7) is 4.39. The van der Waals surface area contributed by atoms with E-state index in [1.165, 1.54) is 5.39 Å². The third-order valence-corrected chi connectivity index (χ3v) is 5.01. The number of rotatable bonds is 6. The molecule has 0 radical (unpaired) electrons. The van der Waals surface area contributed by atoms with E-state index in [9.17, 15) is 4.79 Å². The van der Waals surface area contributed by atoms with Crippen molar-refractivity contribution in [2.75, 3.05) is 6.54 Å². The molecule has 0 fully saturated rings. The average molecular weight is 350 g/mol.